The summed E-state index contributed by atoms with van der Waals surface area (Å²) >= 11 is 0. The largest absolute Gasteiger partial charge is 0.356 e. The SMILES string of the molecule is C=S(=O)(c1ccn(C)c1)N(C1CC1)[C@H]1CCC2=Cc3c(cnn3-c3ccc(F)cc3)C[C@]2(C(=O)c2cc(F)ccn2)C1. The fourth-order valence-corrected chi connectivity index (χ4v) is 8.96. The fraction of sp³-hybridized carbons (Fsp3) is 0.312. The number of halogens is 2. The molecule has 0 radical (unpaired) electrons. The van der Waals surface area contributed by atoms with Gasteiger partial charge in [-0.25, -0.2) is 22.0 Å². The van der Waals surface area contributed by atoms with Crippen molar-refractivity contribution in [1.82, 2.24) is 23.6 Å². The monoisotopic (exact) mass is 587 g/mol. The summed E-state index contributed by atoms with van der Waals surface area (Å²) in [4.78, 5) is 19.4. The third-order valence-corrected chi connectivity index (χ3v) is 11.1. The molecule has 3 heterocycles. The van der Waals surface area contributed by atoms with Gasteiger partial charge < -0.3 is 4.57 Å². The summed E-state index contributed by atoms with van der Waals surface area (Å²) in [6, 6.07) is 10.4. The van der Waals surface area contributed by atoms with Gasteiger partial charge in [0.15, 0.2) is 5.78 Å². The van der Waals surface area contributed by atoms with Crippen LogP contribution in [0.2, 0.25) is 0 Å². The number of rotatable bonds is 7. The Hall–Kier alpha value is -3.89. The molecule has 216 valence electrons. The normalized spacial score (nSPS) is 23.1. The second kappa shape index (κ2) is 9.84. The van der Waals surface area contributed by atoms with Crippen molar-refractivity contribution >= 4 is 27.4 Å². The van der Waals surface area contributed by atoms with E-state index in [2.05, 4.69) is 20.3 Å². The quantitative estimate of drug-likeness (QED) is 0.215. The summed E-state index contributed by atoms with van der Waals surface area (Å²) in [6.07, 6.45) is 12.7. The predicted molar refractivity (Wildman–Crippen MR) is 158 cm³/mol. The van der Waals surface area contributed by atoms with E-state index in [0.717, 1.165) is 29.7 Å². The highest BCUT2D eigenvalue weighted by Crippen LogP contribution is 2.52. The van der Waals surface area contributed by atoms with Crippen LogP contribution in [0.5, 0.6) is 0 Å². The molecule has 10 heteroatoms. The maximum Gasteiger partial charge on any atom is 0.191 e. The zero-order valence-electron chi connectivity index (χ0n) is 23.2. The molecule has 3 aliphatic carbocycles. The number of hydrogen-bond donors (Lipinski definition) is 0. The first-order chi connectivity index (χ1) is 20.2. The average Bonchev–Trinajstić information content (AvgIpc) is 3.55. The Morgan fingerprint density at radius 2 is 1.88 bits per heavy atom. The Bertz CT molecular complexity index is 1840. The maximum absolute atomic E-state index is 14.5. The number of allylic oxidation sites excluding steroid dienone is 1. The molecule has 4 aromatic rings. The molecular weight excluding hydrogens is 556 g/mol. The summed E-state index contributed by atoms with van der Waals surface area (Å²) < 4.78 is 48.1. The Kier molecular flexibility index (Phi) is 6.32. The molecule has 7 rings (SSSR count). The van der Waals surface area contributed by atoms with Gasteiger partial charge >= 0.3 is 0 Å². The predicted octanol–water partition coefficient (Wildman–Crippen LogP) is 5.40. The highest BCUT2D eigenvalue weighted by Gasteiger charge is 2.53. The number of pyridine rings is 1. The molecule has 0 spiro atoms. The lowest BCUT2D eigenvalue weighted by Crippen LogP contribution is -2.51. The Labute approximate surface area is 243 Å². The first-order valence-electron chi connectivity index (χ1n) is 14.1. The van der Waals surface area contributed by atoms with E-state index in [0.29, 0.717) is 36.3 Å². The standard InChI is InChI=1S/C32H31F2N5O2S/c1-37-14-12-28(20-37)42(2,41)39(26-9-10-26)27-6-3-22-15-30-21(19-36-38(30)25-7-4-23(33)5-8-25)17-32(22,18-27)31(40)29-16-24(34)11-13-35-29/h4-5,7-8,11-16,19-20,26-27H,2-3,6,9-10,17-18H2,1H3/t27-,32-,42?/m0/s1. The number of benzene rings is 1. The van der Waals surface area contributed by atoms with E-state index in [1.165, 1.54) is 30.5 Å². The van der Waals surface area contributed by atoms with Crippen LogP contribution in [-0.4, -0.2) is 51.6 Å². The second-order valence-corrected chi connectivity index (χ2v) is 13.9. The molecule has 42 heavy (non-hydrogen) atoms. The number of carbonyl (C=O) groups is 1. The molecule has 0 N–H and O–H groups in total. The van der Waals surface area contributed by atoms with E-state index in [9.17, 15) is 17.8 Å². The highest BCUT2D eigenvalue weighted by molar-refractivity contribution is 7.98. The first kappa shape index (κ1) is 27.0. The van der Waals surface area contributed by atoms with Crippen molar-refractivity contribution in [2.75, 3.05) is 0 Å². The lowest BCUT2D eigenvalue weighted by atomic mass is 9.60. The number of aryl methyl sites for hydroxylation is 1. The third kappa shape index (κ3) is 4.44. The van der Waals surface area contributed by atoms with Crippen molar-refractivity contribution in [3.05, 3.63) is 101 Å². The van der Waals surface area contributed by atoms with Crippen LogP contribution < -0.4 is 0 Å². The topological polar surface area (TPSA) is 73.0 Å². The second-order valence-electron chi connectivity index (χ2n) is 11.7. The van der Waals surface area contributed by atoms with Crippen LogP contribution in [0.15, 0.2) is 77.7 Å². The minimum absolute atomic E-state index is 0.0762. The highest BCUT2D eigenvalue weighted by atomic mass is 32.2. The van der Waals surface area contributed by atoms with Crippen molar-refractivity contribution in [3.63, 3.8) is 0 Å². The Morgan fingerprint density at radius 1 is 1.10 bits per heavy atom. The van der Waals surface area contributed by atoms with Gasteiger partial charge in [-0.2, -0.15) is 5.10 Å². The molecule has 2 saturated carbocycles. The molecule has 3 atom stereocenters. The van der Waals surface area contributed by atoms with Crippen LogP contribution in [0.1, 0.15) is 53.8 Å². The zero-order valence-corrected chi connectivity index (χ0v) is 24.1. The van der Waals surface area contributed by atoms with Crippen LogP contribution in [0.4, 0.5) is 8.78 Å². The number of Topliss-reactive ketones (excluding diaryl/α,β-unsaturated/α-hetero) is 1. The van der Waals surface area contributed by atoms with Gasteiger partial charge in [-0.05, 0) is 92.4 Å². The van der Waals surface area contributed by atoms with Crippen molar-refractivity contribution in [2.45, 2.75) is 55.5 Å². The van der Waals surface area contributed by atoms with Gasteiger partial charge in [-0.3, -0.25) is 9.78 Å². The maximum atomic E-state index is 14.5. The third-order valence-electron chi connectivity index (χ3n) is 8.88. The first-order valence-corrected chi connectivity index (χ1v) is 15.8. The zero-order chi connectivity index (χ0) is 29.2. The van der Waals surface area contributed by atoms with Gasteiger partial charge in [0.1, 0.15) is 17.3 Å². The minimum Gasteiger partial charge on any atom is -0.356 e. The Balaban J connectivity index is 1.32. The molecule has 2 fully saturated rings. The molecule has 0 aliphatic heterocycles. The smallest absolute Gasteiger partial charge is 0.191 e. The van der Waals surface area contributed by atoms with Crippen LogP contribution in [-0.2, 0) is 23.2 Å². The summed E-state index contributed by atoms with van der Waals surface area (Å²) in [5.74, 6) is 3.15. The molecule has 0 amide bonds. The Morgan fingerprint density at radius 3 is 2.57 bits per heavy atom. The summed E-state index contributed by atoms with van der Waals surface area (Å²) in [6.45, 7) is 0. The number of fused-ring (bicyclic) bond motifs is 2. The van der Waals surface area contributed by atoms with Crippen LogP contribution >= 0.6 is 0 Å². The summed E-state index contributed by atoms with van der Waals surface area (Å²) in [7, 11) is -0.923. The van der Waals surface area contributed by atoms with Crippen LogP contribution in [0.3, 0.4) is 0 Å². The molecular formula is C32H31F2N5O2S. The van der Waals surface area contributed by atoms with Gasteiger partial charge in [0.05, 0.1) is 37.6 Å². The number of ketones is 1. The fourth-order valence-electron chi connectivity index (χ4n) is 6.76. The van der Waals surface area contributed by atoms with E-state index in [4.69, 9.17) is 0 Å². The average molecular weight is 588 g/mol. The van der Waals surface area contributed by atoms with Crippen LogP contribution in [0, 0.1) is 17.0 Å². The molecule has 1 aromatic carbocycles. The van der Waals surface area contributed by atoms with Crippen molar-refractivity contribution in [2.24, 2.45) is 12.5 Å². The molecule has 0 bridgehead atoms. The molecule has 1 unspecified atom stereocenters. The summed E-state index contributed by atoms with van der Waals surface area (Å²) in [5.41, 5.74) is 2.42. The molecule has 3 aromatic heterocycles. The van der Waals surface area contributed by atoms with E-state index in [1.54, 1.807) is 23.0 Å². The molecule has 7 nitrogen and oxygen atoms in total. The number of hydrogen-bond acceptors (Lipinski definition) is 4. The van der Waals surface area contributed by atoms with Gasteiger partial charge in [-0.15, -0.1) is 0 Å². The minimum atomic E-state index is -2.82. The van der Waals surface area contributed by atoms with Gasteiger partial charge in [0.25, 0.3) is 0 Å². The van der Waals surface area contributed by atoms with Gasteiger partial charge in [-0.1, -0.05) is 5.57 Å². The van der Waals surface area contributed by atoms with Crippen LogP contribution in [0.25, 0.3) is 11.8 Å². The van der Waals surface area contributed by atoms with Gasteiger partial charge in [0.2, 0.25) is 0 Å². The number of aromatic nitrogens is 4. The van der Waals surface area contributed by atoms with E-state index >= 15 is 0 Å². The lowest BCUT2D eigenvalue weighted by Gasteiger charge is -2.47. The molecule has 3 aliphatic rings. The van der Waals surface area contributed by atoms with Crippen molar-refractivity contribution in [1.29, 1.82) is 0 Å². The van der Waals surface area contributed by atoms with E-state index < -0.39 is 20.9 Å². The van der Waals surface area contributed by atoms with E-state index in [-0.39, 0.29) is 29.4 Å². The molecule has 0 saturated heterocycles. The van der Waals surface area contributed by atoms with Crippen molar-refractivity contribution < 1.29 is 17.8 Å². The van der Waals surface area contributed by atoms with E-state index in [1.807, 2.05) is 36.2 Å². The van der Waals surface area contributed by atoms with Gasteiger partial charge in [0, 0.05) is 43.8 Å². The lowest BCUT2D eigenvalue weighted by molar-refractivity contribution is 0.0736. The number of carbonyl (C=O) groups excluding carboxylic acids is 1. The van der Waals surface area contributed by atoms with Crippen molar-refractivity contribution in [3.8, 4) is 5.69 Å². The summed E-state index contributed by atoms with van der Waals surface area (Å²) in [5, 5.41) is 4.60. The number of nitrogens with zero attached hydrogens (tertiary/aromatic N) is 5.